The van der Waals surface area contributed by atoms with Crippen LogP contribution < -0.4 is 5.32 Å². The van der Waals surface area contributed by atoms with Gasteiger partial charge in [-0.15, -0.1) is 0 Å². The molecule has 0 aliphatic carbocycles. The highest BCUT2D eigenvalue weighted by molar-refractivity contribution is 6.42. The van der Waals surface area contributed by atoms with Crippen molar-refractivity contribution in [2.24, 2.45) is 5.92 Å². The average Bonchev–Trinajstić information content (AvgIpc) is 2.51. The summed E-state index contributed by atoms with van der Waals surface area (Å²) in [5.41, 5.74) is 2.06. The molecule has 2 rings (SSSR count). The minimum Gasteiger partial charge on any atom is -0.396 e. The highest BCUT2D eigenvalue weighted by Crippen LogP contribution is 2.22. The molecule has 0 fully saturated rings. The topological polar surface area (TPSA) is 45.1 Å². The van der Waals surface area contributed by atoms with E-state index in [0.29, 0.717) is 23.1 Å². The molecule has 1 atom stereocenters. The zero-order valence-corrected chi connectivity index (χ0v) is 13.1. The van der Waals surface area contributed by atoms with Crippen molar-refractivity contribution < 1.29 is 5.11 Å². The van der Waals surface area contributed by atoms with Gasteiger partial charge in [0.25, 0.3) is 0 Å². The third-order valence-corrected chi connectivity index (χ3v) is 3.97. The van der Waals surface area contributed by atoms with Crippen LogP contribution in [-0.4, -0.2) is 23.2 Å². The van der Waals surface area contributed by atoms with Gasteiger partial charge in [0, 0.05) is 31.6 Å². The van der Waals surface area contributed by atoms with Gasteiger partial charge in [0.15, 0.2) is 0 Å². The van der Waals surface area contributed by atoms with Gasteiger partial charge in [0.2, 0.25) is 0 Å². The summed E-state index contributed by atoms with van der Waals surface area (Å²) in [5, 5.41) is 13.9. The number of aliphatic hydroxyl groups is 1. The first-order valence-corrected chi connectivity index (χ1v) is 7.60. The molecule has 0 aliphatic rings. The second-order valence-electron chi connectivity index (χ2n) is 4.95. The van der Waals surface area contributed by atoms with E-state index in [0.717, 1.165) is 17.7 Å². The van der Waals surface area contributed by atoms with Crippen molar-refractivity contribution in [3.05, 3.63) is 63.9 Å². The number of rotatable bonds is 7. The molecule has 1 heterocycles. The Morgan fingerprint density at radius 3 is 2.67 bits per heavy atom. The maximum Gasteiger partial charge on any atom is 0.0595 e. The smallest absolute Gasteiger partial charge is 0.0595 e. The maximum absolute atomic E-state index is 9.46. The first-order chi connectivity index (χ1) is 10.2. The molecule has 3 nitrogen and oxygen atoms in total. The lowest BCUT2D eigenvalue weighted by Crippen LogP contribution is -2.26. The van der Waals surface area contributed by atoms with Crippen molar-refractivity contribution in [3.8, 4) is 0 Å². The van der Waals surface area contributed by atoms with Crippen LogP contribution in [0.1, 0.15) is 11.3 Å². The summed E-state index contributed by atoms with van der Waals surface area (Å²) in [6.07, 6.45) is 2.53. The lowest BCUT2D eigenvalue weighted by Gasteiger charge is -2.15. The van der Waals surface area contributed by atoms with E-state index >= 15 is 0 Å². The number of hydrogen-bond acceptors (Lipinski definition) is 3. The highest BCUT2D eigenvalue weighted by atomic mass is 35.5. The summed E-state index contributed by atoms with van der Waals surface area (Å²) in [7, 11) is 0. The predicted molar refractivity (Wildman–Crippen MR) is 86.7 cm³/mol. The van der Waals surface area contributed by atoms with Gasteiger partial charge >= 0.3 is 0 Å². The first kappa shape index (κ1) is 16.2. The largest absolute Gasteiger partial charge is 0.396 e. The van der Waals surface area contributed by atoms with Gasteiger partial charge in [0.05, 0.1) is 10.0 Å². The Morgan fingerprint density at radius 1 is 1.14 bits per heavy atom. The zero-order chi connectivity index (χ0) is 15.1. The van der Waals surface area contributed by atoms with E-state index in [1.54, 1.807) is 12.3 Å². The molecule has 0 saturated carbocycles. The van der Waals surface area contributed by atoms with E-state index in [1.165, 1.54) is 0 Å². The molecule has 0 saturated heterocycles. The Balaban J connectivity index is 1.81. The zero-order valence-electron chi connectivity index (χ0n) is 11.6. The Bertz CT molecular complexity index is 563. The summed E-state index contributed by atoms with van der Waals surface area (Å²) in [6.45, 7) is 1.54. The lowest BCUT2D eigenvalue weighted by molar-refractivity contribution is 0.220. The minimum absolute atomic E-state index is 0.130. The van der Waals surface area contributed by atoms with Gasteiger partial charge in [-0.05, 0) is 42.2 Å². The molecule has 2 aromatic rings. The molecule has 2 N–H and O–H groups in total. The van der Waals surface area contributed by atoms with Crippen LogP contribution in [0.15, 0.2) is 42.6 Å². The predicted octanol–water partition coefficient (Wildman–Crippen LogP) is 3.33. The number of hydrogen-bond donors (Lipinski definition) is 2. The SMILES string of the molecule is OCC(CNCc1ccc(Cl)c(Cl)c1)Cc1ccccn1. The first-order valence-electron chi connectivity index (χ1n) is 6.84. The summed E-state index contributed by atoms with van der Waals surface area (Å²) in [6, 6.07) is 11.4. The van der Waals surface area contributed by atoms with Crippen molar-refractivity contribution in [1.29, 1.82) is 0 Å². The molecule has 1 aromatic carbocycles. The molecule has 0 spiro atoms. The molecule has 0 bridgehead atoms. The summed E-state index contributed by atoms with van der Waals surface area (Å²) >= 11 is 11.9. The van der Waals surface area contributed by atoms with Crippen LogP contribution >= 0.6 is 23.2 Å². The number of aromatic nitrogens is 1. The van der Waals surface area contributed by atoms with Crippen LogP contribution in [0.5, 0.6) is 0 Å². The summed E-state index contributed by atoms with van der Waals surface area (Å²) in [4.78, 5) is 4.28. The maximum atomic E-state index is 9.46. The molecule has 1 aromatic heterocycles. The van der Waals surface area contributed by atoms with E-state index in [4.69, 9.17) is 23.2 Å². The van der Waals surface area contributed by atoms with E-state index in [2.05, 4.69) is 10.3 Å². The molecule has 0 radical (unpaired) electrons. The number of benzene rings is 1. The monoisotopic (exact) mass is 324 g/mol. The molecule has 0 amide bonds. The van der Waals surface area contributed by atoms with Crippen molar-refractivity contribution in [2.45, 2.75) is 13.0 Å². The molecular weight excluding hydrogens is 307 g/mol. The third-order valence-electron chi connectivity index (χ3n) is 3.23. The van der Waals surface area contributed by atoms with Crippen molar-refractivity contribution in [1.82, 2.24) is 10.3 Å². The molecule has 112 valence electrons. The standard InChI is InChI=1S/C16H18Cl2N2O/c17-15-5-4-12(8-16(15)18)9-19-10-13(11-21)7-14-3-1-2-6-20-14/h1-6,8,13,19,21H,7,9-11H2. The molecule has 5 heteroatoms. The number of pyridine rings is 1. The van der Waals surface area contributed by atoms with Gasteiger partial charge < -0.3 is 10.4 Å². The quantitative estimate of drug-likeness (QED) is 0.821. The van der Waals surface area contributed by atoms with Crippen molar-refractivity contribution in [2.75, 3.05) is 13.2 Å². The van der Waals surface area contributed by atoms with E-state index in [1.807, 2.05) is 30.3 Å². The molecule has 0 aliphatic heterocycles. The number of halogens is 2. The van der Waals surface area contributed by atoms with Gasteiger partial charge in [-0.3, -0.25) is 4.98 Å². The summed E-state index contributed by atoms with van der Waals surface area (Å²) in [5.74, 6) is 0.141. The second kappa shape index (κ2) is 8.35. The van der Waals surface area contributed by atoms with Crippen molar-refractivity contribution in [3.63, 3.8) is 0 Å². The number of aliphatic hydroxyl groups excluding tert-OH is 1. The van der Waals surface area contributed by atoms with E-state index < -0.39 is 0 Å². The van der Waals surface area contributed by atoms with Gasteiger partial charge in [-0.2, -0.15) is 0 Å². The fourth-order valence-corrected chi connectivity index (χ4v) is 2.41. The lowest BCUT2D eigenvalue weighted by atomic mass is 10.0. The van der Waals surface area contributed by atoms with E-state index in [9.17, 15) is 5.11 Å². The van der Waals surface area contributed by atoms with Gasteiger partial charge in [0.1, 0.15) is 0 Å². The Morgan fingerprint density at radius 2 is 2.00 bits per heavy atom. The fraction of sp³-hybridized carbons (Fsp3) is 0.312. The highest BCUT2D eigenvalue weighted by Gasteiger charge is 2.09. The third kappa shape index (κ3) is 5.29. The molecular formula is C16H18Cl2N2O. The van der Waals surface area contributed by atoms with Crippen LogP contribution in [0.2, 0.25) is 10.0 Å². The number of nitrogens with zero attached hydrogens (tertiary/aromatic N) is 1. The van der Waals surface area contributed by atoms with Crippen molar-refractivity contribution >= 4 is 23.2 Å². The van der Waals surface area contributed by atoms with Gasteiger partial charge in [-0.25, -0.2) is 0 Å². The van der Waals surface area contributed by atoms with E-state index in [-0.39, 0.29) is 12.5 Å². The Labute approximate surface area is 134 Å². The summed E-state index contributed by atoms with van der Waals surface area (Å²) < 4.78 is 0. The fourth-order valence-electron chi connectivity index (χ4n) is 2.09. The normalized spacial score (nSPS) is 12.3. The Kier molecular flexibility index (Phi) is 6.46. The van der Waals surface area contributed by atoms with Crippen LogP contribution in [0.25, 0.3) is 0 Å². The number of nitrogens with one attached hydrogen (secondary N) is 1. The molecule has 21 heavy (non-hydrogen) atoms. The van der Waals surface area contributed by atoms with Gasteiger partial charge in [-0.1, -0.05) is 35.3 Å². The van der Waals surface area contributed by atoms with Crippen LogP contribution in [0.3, 0.4) is 0 Å². The average molecular weight is 325 g/mol. The minimum atomic E-state index is 0.130. The van der Waals surface area contributed by atoms with Crippen LogP contribution in [-0.2, 0) is 13.0 Å². The Hall–Kier alpha value is -1.13. The van der Waals surface area contributed by atoms with Crippen LogP contribution in [0, 0.1) is 5.92 Å². The second-order valence-corrected chi connectivity index (χ2v) is 5.77. The molecule has 1 unspecified atom stereocenters. The van der Waals surface area contributed by atoms with Crippen LogP contribution in [0.4, 0.5) is 0 Å².